The molecule has 2 unspecified atom stereocenters. The Bertz CT molecular complexity index is 665. The van der Waals surface area contributed by atoms with Crippen LogP contribution in [0.1, 0.15) is 36.7 Å². The van der Waals surface area contributed by atoms with Crippen molar-refractivity contribution in [2.45, 2.75) is 44.8 Å². The topological polar surface area (TPSA) is 39.9 Å². The van der Waals surface area contributed by atoms with Gasteiger partial charge in [0.25, 0.3) is 0 Å². The van der Waals surface area contributed by atoms with Gasteiger partial charge < -0.3 is 9.30 Å². The van der Waals surface area contributed by atoms with E-state index in [0.717, 1.165) is 42.4 Å². The molecule has 0 bridgehead atoms. The number of alkyl halides is 1. The molecule has 2 aromatic heterocycles. The lowest BCUT2D eigenvalue weighted by molar-refractivity contribution is 0.0752. The first-order valence-electron chi connectivity index (χ1n) is 7.79. The lowest BCUT2D eigenvalue weighted by atomic mass is 10.1. The molecule has 0 spiro atoms. The third-order valence-electron chi connectivity index (χ3n) is 4.69. The molecular formula is C16H20ClN3O. The number of rotatable bonds is 4. The van der Waals surface area contributed by atoms with Gasteiger partial charge in [0.2, 0.25) is 0 Å². The summed E-state index contributed by atoms with van der Waals surface area (Å²) in [6.45, 7) is 2.94. The Kier molecular flexibility index (Phi) is 3.38. The zero-order valence-corrected chi connectivity index (χ0v) is 13.0. The van der Waals surface area contributed by atoms with E-state index in [1.165, 1.54) is 18.4 Å². The van der Waals surface area contributed by atoms with Crippen molar-refractivity contribution in [2.24, 2.45) is 5.92 Å². The zero-order valence-electron chi connectivity index (χ0n) is 12.3. The summed E-state index contributed by atoms with van der Waals surface area (Å²) in [5, 5.41) is 0. The number of ether oxygens (including phenoxy) is 1. The maximum Gasteiger partial charge on any atom is 0.160 e. The summed E-state index contributed by atoms with van der Waals surface area (Å²) in [4.78, 5) is 9.43. The summed E-state index contributed by atoms with van der Waals surface area (Å²) in [6.07, 6.45) is 6.64. The molecule has 1 saturated heterocycles. The van der Waals surface area contributed by atoms with E-state index in [2.05, 4.69) is 16.5 Å². The van der Waals surface area contributed by atoms with Crippen molar-refractivity contribution in [3.63, 3.8) is 0 Å². The Hall–Kier alpha value is -1.13. The molecule has 2 aromatic rings. The Morgan fingerprint density at radius 2 is 2.24 bits per heavy atom. The van der Waals surface area contributed by atoms with Crippen molar-refractivity contribution < 1.29 is 4.74 Å². The minimum absolute atomic E-state index is 0.332. The van der Waals surface area contributed by atoms with Gasteiger partial charge in [-0.15, -0.1) is 11.6 Å². The Labute approximate surface area is 129 Å². The van der Waals surface area contributed by atoms with E-state index in [1.807, 2.05) is 12.3 Å². The second kappa shape index (κ2) is 5.25. The van der Waals surface area contributed by atoms with Crippen LogP contribution in [0.3, 0.4) is 0 Å². The van der Waals surface area contributed by atoms with E-state index >= 15 is 0 Å². The zero-order chi connectivity index (χ0) is 14.4. The molecule has 2 atom stereocenters. The molecule has 21 heavy (non-hydrogen) atoms. The standard InChI is InChI=1S/C16H20ClN3O/c1-10-5-8-18-16-14(10)19-13(4-7-17)20(16)12-6-9-21-15(12)11-2-3-11/h5,8,11-12,15H,2-4,6-7,9H2,1H3. The molecule has 3 heterocycles. The molecule has 1 saturated carbocycles. The second-order valence-corrected chi connectivity index (χ2v) is 6.54. The number of imidazole rings is 1. The Balaban J connectivity index is 1.85. The van der Waals surface area contributed by atoms with Crippen molar-refractivity contribution in [3.05, 3.63) is 23.7 Å². The van der Waals surface area contributed by atoms with Crippen LogP contribution in [0.2, 0.25) is 0 Å². The summed E-state index contributed by atoms with van der Waals surface area (Å²) in [6, 6.07) is 2.39. The molecule has 5 heteroatoms. The van der Waals surface area contributed by atoms with Gasteiger partial charge in [-0.25, -0.2) is 9.97 Å². The SMILES string of the molecule is Cc1ccnc2c1nc(CCCl)n2C1CCOC1C1CC1. The summed E-state index contributed by atoms with van der Waals surface area (Å²) in [5.41, 5.74) is 3.19. The van der Waals surface area contributed by atoms with Crippen LogP contribution in [0.15, 0.2) is 12.3 Å². The number of fused-ring (bicyclic) bond motifs is 1. The fraction of sp³-hybridized carbons (Fsp3) is 0.625. The molecule has 2 fully saturated rings. The first-order valence-corrected chi connectivity index (χ1v) is 8.33. The van der Waals surface area contributed by atoms with Crippen LogP contribution in [0.25, 0.3) is 11.2 Å². The van der Waals surface area contributed by atoms with Gasteiger partial charge in [-0.05, 0) is 43.7 Å². The van der Waals surface area contributed by atoms with Crippen molar-refractivity contribution >= 4 is 22.8 Å². The largest absolute Gasteiger partial charge is 0.376 e. The average molecular weight is 306 g/mol. The third kappa shape index (κ3) is 2.25. The normalized spacial score (nSPS) is 25.8. The monoisotopic (exact) mass is 305 g/mol. The van der Waals surface area contributed by atoms with Crippen LogP contribution in [-0.2, 0) is 11.2 Å². The Morgan fingerprint density at radius 1 is 1.38 bits per heavy atom. The van der Waals surface area contributed by atoms with Gasteiger partial charge in [0, 0.05) is 25.1 Å². The van der Waals surface area contributed by atoms with E-state index < -0.39 is 0 Å². The molecule has 2 aliphatic rings. The van der Waals surface area contributed by atoms with Gasteiger partial charge >= 0.3 is 0 Å². The molecule has 4 rings (SSSR count). The molecule has 1 aliphatic heterocycles. The van der Waals surface area contributed by atoms with Crippen LogP contribution in [0.4, 0.5) is 0 Å². The Morgan fingerprint density at radius 3 is 3.00 bits per heavy atom. The first kappa shape index (κ1) is 13.5. The van der Waals surface area contributed by atoms with E-state index in [1.54, 1.807) is 0 Å². The second-order valence-electron chi connectivity index (χ2n) is 6.17. The molecule has 0 amide bonds. The predicted octanol–water partition coefficient (Wildman–Crippen LogP) is 3.26. The number of pyridine rings is 1. The molecule has 0 aromatic carbocycles. The molecule has 112 valence electrons. The minimum Gasteiger partial charge on any atom is -0.376 e. The summed E-state index contributed by atoms with van der Waals surface area (Å²) in [7, 11) is 0. The minimum atomic E-state index is 0.332. The highest BCUT2D eigenvalue weighted by Gasteiger charge is 2.42. The van der Waals surface area contributed by atoms with E-state index in [9.17, 15) is 0 Å². The molecule has 0 N–H and O–H groups in total. The first-order chi connectivity index (χ1) is 10.3. The summed E-state index contributed by atoms with van der Waals surface area (Å²) in [5.74, 6) is 2.37. The van der Waals surface area contributed by atoms with Crippen molar-refractivity contribution in [1.82, 2.24) is 14.5 Å². The van der Waals surface area contributed by atoms with Gasteiger partial charge in [0.15, 0.2) is 5.65 Å². The fourth-order valence-corrected chi connectivity index (χ4v) is 3.69. The number of aromatic nitrogens is 3. The van der Waals surface area contributed by atoms with Crippen LogP contribution < -0.4 is 0 Å². The number of hydrogen-bond acceptors (Lipinski definition) is 3. The van der Waals surface area contributed by atoms with Gasteiger partial charge in [-0.1, -0.05) is 0 Å². The number of halogens is 1. The van der Waals surface area contributed by atoms with Crippen molar-refractivity contribution in [2.75, 3.05) is 12.5 Å². The molecule has 0 radical (unpaired) electrons. The highest BCUT2D eigenvalue weighted by Crippen LogP contribution is 2.44. The molecule has 4 nitrogen and oxygen atoms in total. The number of nitrogens with zero attached hydrogens (tertiary/aromatic N) is 3. The number of aryl methyl sites for hydroxylation is 2. The lowest BCUT2D eigenvalue weighted by Crippen LogP contribution is -2.24. The van der Waals surface area contributed by atoms with Crippen LogP contribution in [0.5, 0.6) is 0 Å². The number of hydrogen-bond donors (Lipinski definition) is 0. The van der Waals surface area contributed by atoms with Crippen LogP contribution in [-0.4, -0.2) is 33.1 Å². The van der Waals surface area contributed by atoms with E-state index in [-0.39, 0.29) is 0 Å². The fourth-order valence-electron chi connectivity index (χ4n) is 3.52. The molecular weight excluding hydrogens is 286 g/mol. The smallest absolute Gasteiger partial charge is 0.160 e. The predicted molar refractivity (Wildman–Crippen MR) is 82.8 cm³/mol. The van der Waals surface area contributed by atoms with Crippen molar-refractivity contribution in [3.8, 4) is 0 Å². The maximum atomic E-state index is 6.02. The van der Waals surface area contributed by atoms with Gasteiger partial charge in [-0.2, -0.15) is 0 Å². The summed E-state index contributed by atoms with van der Waals surface area (Å²) >= 11 is 5.99. The van der Waals surface area contributed by atoms with Gasteiger partial charge in [-0.3, -0.25) is 0 Å². The van der Waals surface area contributed by atoms with E-state index in [4.69, 9.17) is 21.3 Å². The quantitative estimate of drug-likeness (QED) is 0.814. The summed E-state index contributed by atoms with van der Waals surface area (Å²) < 4.78 is 8.34. The maximum absolute atomic E-state index is 6.02. The van der Waals surface area contributed by atoms with Crippen LogP contribution >= 0.6 is 11.6 Å². The van der Waals surface area contributed by atoms with Crippen LogP contribution in [0, 0.1) is 12.8 Å². The highest BCUT2D eigenvalue weighted by molar-refractivity contribution is 6.17. The average Bonchev–Trinajstić information content (AvgIpc) is 3.09. The van der Waals surface area contributed by atoms with Crippen molar-refractivity contribution in [1.29, 1.82) is 0 Å². The van der Waals surface area contributed by atoms with Gasteiger partial charge in [0.05, 0.1) is 12.1 Å². The third-order valence-corrected chi connectivity index (χ3v) is 4.88. The van der Waals surface area contributed by atoms with E-state index in [0.29, 0.717) is 18.0 Å². The lowest BCUT2D eigenvalue weighted by Gasteiger charge is -2.22. The highest BCUT2D eigenvalue weighted by atomic mass is 35.5. The van der Waals surface area contributed by atoms with Gasteiger partial charge in [0.1, 0.15) is 11.3 Å². The molecule has 1 aliphatic carbocycles.